The molecule has 0 bridgehead atoms. The van der Waals surface area contributed by atoms with Crippen LogP contribution >= 0.6 is 0 Å². The van der Waals surface area contributed by atoms with Gasteiger partial charge in [0.05, 0.1) is 6.54 Å². The Morgan fingerprint density at radius 1 is 1.18 bits per heavy atom. The lowest BCUT2D eigenvalue weighted by atomic mass is 10.1. The molecule has 1 amide bonds. The van der Waals surface area contributed by atoms with Gasteiger partial charge in [-0.05, 0) is 38.4 Å². The molecule has 2 rings (SSSR count). The summed E-state index contributed by atoms with van der Waals surface area (Å²) in [7, 11) is 1.86. The molecule has 5 heteroatoms. The highest BCUT2D eigenvalue weighted by molar-refractivity contribution is 5.79. The van der Waals surface area contributed by atoms with Gasteiger partial charge in [0.1, 0.15) is 0 Å². The van der Waals surface area contributed by atoms with Crippen molar-refractivity contribution < 1.29 is 4.79 Å². The molecule has 2 aromatic rings. The third-order valence-electron chi connectivity index (χ3n) is 3.79. The molecule has 0 saturated carbocycles. The van der Waals surface area contributed by atoms with Crippen molar-refractivity contribution in [2.24, 2.45) is 0 Å². The summed E-state index contributed by atoms with van der Waals surface area (Å²) in [5, 5.41) is 1.00. The van der Waals surface area contributed by atoms with Gasteiger partial charge in [0.25, 0.3) is 5.56 Å². The van der Waals surface area contributed by atoms with Crippen molar-refractivity contribution in [1.82, 2.24) is 14.8 Å². The van der Waals surface area contributed by atoms with E-state index in [9.17, 15) is 9.59 Å². The smallest absolute Gasteiger partial charge is 0.252 e. The van der Waals surface area contributed by atoms with E-state index in [1.807, 2.05) is 56.1 Å². The van der Waals surface area contributed by atoms with Gasteiger partial charge in [-0.2, -0.15) is 0 Å². The number of fused-ring (bicyclic) bond motifs is 1. The average molecular weight is 301 g/mol. The van der Waals surface area contributed by atoms with E-state index in [0.29, 0.717) is 31.7 Å². The van der Waals surface area contributed by atoms with E-state index in [-0.39, 0.29) is 11.5 Å². The number of amides is 1. The highest BCUT2D eigenvalue weighted by atomic mass is 16.2. The van der Waals surface area contributed by atoms with Crippen molar-refractivity contribution in [2.45, 2.75) is 20.4 Å². The van der Waals surface area contributed by atoms with Crippen LogP contribution in [-0.4, -0.2) is 47.4 Å². The van der Waals surface area contributed by atoms with Gasteiger partial charge in [-0.25, -0.2) is 0 Å². The van der Waals surface area contributed by atoms with Crippen LogP contribution in [0.25, 0.3) is 10.9 Å². The van der Waals surface area contributed by atoms with Crippen LogP contribution in [-0.2, 0) is 11.3 Å². The first-order chi connectivity index (χ1) is 10.5. The number of aromatic amines is 1. The molecule has 0 spiro atoms. The monoisotopic (exact) mass is 301 g/mol. The third-order valence-corrected chi connectivity index (χ3v) is 3.79. The number of aromatic nitrogens is 1. The molecule has 0 unspecified atom stereocenters. The first-order valence-corrected chi connectivity index (χ1v) is 7.62. The summed E-state index contributed by atoms with van der Waals surface area (Å²) in [5.74, 6) is 0.0877. The second kappa shape index (κ2) is 7.22. The summed E-state index contributed by atoms with van der Waals surface area (Å²) < 4.78 is 0. The molecule has 1 aromatic carbocycles. The number of hydrogen-bond acceptors (Lipinski definition) is 3. The van der Waals surface area contributed by atoms with E-state index < -0.39 is 0 Å². The molecule has 0 saturated heterocycles. The van der Waals surface area contributed by atoms with E-state index in [2.05, 4.69) is 4.98 Å². The molecule has 5 nitrogen and oxygen atoms in total. The van der Waals surface area contributed by atoms with E-state index in [0.717, 1.165) is 10.9 Å². The lowest BCUT2D eigenvalue weighted by Gasteiger charge is -2.23. The van der Waals surface area contributed by atoms with Crippen molar-refractivity contribution in [1.29, 1.82) is 0 Å². The van der Waals surface area contributed by atoms with Crippen molar-refractivity contribution >= 4 is 16.8 Å². The van der Waals surface area contributed by atoms with Gasteiger partial charge >= 0.3 is 0 Å². The maximum absolute atomic E-state index is 12.1. The molecule has 22 heavy (non-hydrogen) atoms. The Morgan fingerprint density at radius 2 is 1.86 bits per heavy atom. The summed E-state index contributed by atoms with van der Waals surface area (Å²) in [5.41, 5.74) is 1.41. The number of carbonyl (C=O) groups excluding carboxylic acids is 1. The van der Waals surface area contributed by atoms with E-state index in [4.69, 9.17) is 0 Å². The third kappa shape index (κ3) is 3.74. The van der Waals surface area contributed by atoms with Crippen LogP contribution in [0.2, 0.25) is 0 Å². The van der Waals surface area contributed by atoms with Crippen LogP contribution in [0, 0.1) is 0 Å². The number of likely N-dealkylation sites (N-methyl/N-ethyl adjacent to an activating group) is 2. The number of carbonyl (C=O) groups is 1. The fourth-order valence-corrected chi connectivity index (χ4v) is 2.56. The molecule has 1 heterocycles. The van der Waals surface area contributed by atoms with E-state index in [1.165, 1.54) is 0 Å². The van der Waals surface area contributed by atoms with Gasteiger partial charge in [0.2, 0.25) is 5.91 Å². The number of nitrogens with one attached hydrogen (secondary N) is 1. The molecule has 0 aliphatic heterocycles. The van der Waals surface area contributed by atoms with E-state index >= 15 is 0 Å². The Hall–Kier alpha value is -2.14. The largest absolute Gasteiger partial charge is 0.342 e. The van der Waals surface area contributed by atoms with Crippen LogP contribution in [0.3, 0.4) is 0 Å². The van der Waals surface area contributed by atoms with Gasteiger partial charge in [-0.3, -0.25) is 14.5 Å². The Labute approximate surface area is 130 Å². The molecule has 0 fully saturated rings. The van der Waals surface area contributed by atoms with Crippen molar-refractivity contribution in [3.8, 4) is 0 Å². The highest BCUT2D eigenvalue weighted by Gasteiger charge is 2.13. The van der Waals surface area contributed by atoms with Crippen LogP contribution in [0.1, 0.15) is 19.4 Å². The summed E-state index contributed by atoms with van der Waals surface area (Å²) in [6, 6.07) is 9.58. The number of benzene rings is 1. The van der Waals surface area contributed by atoms with Crippen LogP contribution < -0.4 is 5.56 Å². The Kier molecular flexibility index (Phi) is 5.33. The summed E-state index contributed by atoms with van der Waals surface area (Å²) in [4.78, 5) is 30.8. The molecule has 0 atom stereocenters. The maximum atomic E-state index is 12.1. The Morgan fingerprint density at radius 3 is 2.55 bits per heavy atom. The number of H-pyrrole nitrogens is 1. The lowest BCUT2D eigenvalue weighted by Crippen LogP contribution is -2.39. The maximum Gasteiger partial charge on any atom is 0.252 e. The first kappa shape index (κ1) is 16.2. The van der Waals surface area contributed by atoms with Gasteiger partial charge in [0.15, 0.2) is 0 Å². The number of nitrogens with zero attached hydrogens (tertiary/aromatic N) is 2. The number of hydrogen-bond donors (Lipinski definition) is 1. The Bertz CT molecular complexity index is 704. The van der Waals surface area contributed by atoms with Crippen LogP contribution in [0.5, 0.6) is 0 Å². The molecular weight excluding hydrogens is 278 g/mol. The van der Waals surface area contributed by atoms with Gasteiger partial charge in [-0.1, -0.05) is 18.2 Å². The molecule has 1 aromatic heterocycles. The van der Waals surface area contributed by atoms with E-state index in [1.54, 1.807) is 4.90 Å². The predicted molar refractivity (Wildman–Crippen MR) is 88.8 cm³/mol. The number of pyridine rings is 1. The highest BCUT2D eigenvalue weighted by Crippen LogP contribution is 2.11. The van der Waals surface area contributed by atoms with Gasteiger partial charge < -0.3 is 9.88 Å². The predicted octanol–water partition coefficient (Wildman–Crippen LogP) is 1.83. The number of rotatable bonds is 6. The van der Waals surface area contributed by atoms with Crippen molar-refractivity contribution in [3.63, 3.8) is 0 Å². The van der Waals surface area contributed by atoms with Crippen molar-refractivity contribution in [2.75, 3.05) is 26.7 Å². The normalized spacial score (nSPS) is 11.1. The van der Waals surface area contributed by atoms with Gasteiger partial charge in [0, 0.05) is 30.7 Å². The molecule has 0 aliphatic rings. The minimum atomic E-state index is -0.0964. The quantitative estimate of drug-likeness (QED) is 0.885. The Balaban J connectivity index is 2.11. The summed E-state index contributed by atoms with van der Waals surface area (Å²) >= 11 is 0. The SMILES string of the molecule is CCN(CC)C(=O)CN(C)Cc1cc2ccccc2[nH]c1=O. The average Bonchev–Trinajstić information content (AvgIpc) is 2.49. The molecular formula is C17H23N3O2. The topological polar surface area (TPSA) is 56.4 Å². The van der Waals surface area contributed by atoms with Gasteiger partial charge in [-0.15, -0.1) is 0 Å². The second-order valence-electron chi connectivity index (χ2n) is 5.45. The molecule has 0 radical (unpaired) electrons. The molecule has 118 valence electrons. The minimum absolute atomic E-state index is 0.0877. The fourth-order valence-electron chi connectivity index (χ4n) is 2.56. The molecule has 1 N–H and O–H groups in total. The van der Waals surface area contributed by atoms with Crippen molar-refractivity contribution in [3.05, 3.63) is 46.2 Å². The first-order valence-electron chi connectivity index (χ1n) is 7.62. The molecule has 0 aliphatic carbocycles. The fraction of sp³-hybridized carbons (Fsp3) is 0.412. The standard InChI is InChI=1S/C17H23N3O2/c1-4-20(5-2)16(21)12-19(3)11-14-10-13-8-6-7-9-15(13)18-17(14)22/h6-10H,4-5,11-12H2,1-3H3,(H,18,22). The zero-order valence-electron chi connectivity index (χ0n) is 13.4. The lowest BCUT2D eigenvalue weighted by molar-refractivity contribution is -0.131. The zero-order valence-corrected chi connectivity index (χ0v) is 13.4. The second-order valence-corrected chi connectivity index (χ2v) is 5.45. The minimum Gasteiger partial charge on any atom is -0.342 e. The summed E-state index contributed by atoms with van der Waals surface area (Å²) in [6.45, 7) is 6.12. The zero-order chi connectivity index (χ0) is 16.1. The summed E-state index contributed by atoms with van der Waals surface area (Å²) in [6.07, 6.45) is 0. The van der Waals surface area contributed by atoms with Crippen LogP contribution in [0.4, 0.5) is 0 Å². The van der Waals surface area contributed by atoms with Crippen LogP contribution in [0.15, 0.2) is 35.1 Å². The number of para-hydroxylation sites is 1.